The molecule has 0 bridgehead atoms. The van der Waals surface area contributed by atoms with Gasteiger partial charge in [-0.1, -0.05) is 27.7 Å². The molecular formula is C12H25N. The molecule has 1 fully saturated rings. The van der Waals surface area contributed by atoms with Crippen molar-refractivity contribution in [2.24, 2.45) is 16.6 Å². The Balaban J connectivity index is 2.36. The molecule has 1 nitrogen and oxygen atoms in total. The van der Waals surface area contributed by atoms with Gasteiger partial charge >= 0.3 is 0 Å². The zero-order chi connectivity index (χ0) is 10.1. The summed E-state index contributed by atoms with van der Waals surface area (Å²) >= 11 is 0. The Labute approximate surface area is 83.1 Å². The lowest BCUT2D eigenvalue weighted by atomic mass is 9.78. The average Bonchev–Trinajstić information content (AvgIpc) is 2.27. The summed E-state index contributed by atoms with van der Waals surface area (Å²) in [4.78, 5) is 0. The van der Waals surface area contributed by atoms with Crippen LogP contribution in [0.3, 0.4) is 0 Å². The van der Waals surface area contributed by atoms with E-state index in [2.05, 4.69) is 27.7 Å². The molecule has 78 valence electrons. The van der Waals surface area contributed by atoms with Crippen molar-refractivity contribution in [2.45, 2.75) is 65.8 Å². The van der Waals surface area contributed by atoms with Crippen LogP contribution in [0.4, 0.5) is 0 Å². The van der Waals surface area contributed by atoms with E-state index in [9.17, 15) is 0 Å². The van der Waals surface area contributed by atoms with E-state index < -0.39 is 0 Å². The van der Waals surface area contributed by atoms with E-state index >= 15 is 0 Å². The zero-order valence-electron chi connectivity index (χ0n) is 9.69. The van der Waals surface area contributed by atoms with Gasteiger partial charge in [-0.2, -0.15) is 0 Å². The first kappa shape index (κ1) is 11.0. The van der Waals surface area contributed by atoms with Crippen LogP contribution in [-0.2, 0) is 0 Å². The monoisotopic (exact) mass is 183 g/mol. The van der Waals surface area contributed by atoms with Crippen molar-refractivity contribution < 1.29 is 0 Å². The predicted octanol–water partition coefficient (Wildman–Crippen LogP) is 3.33. The SMILES string of the molecule is CC(C)(C)CCC1(C)CCC(N)C1. The van der Waals surface area contributed by atoms with Gasteiger partial charge in [0.1, 0.15) is 0 Å². The summed E-state index contributed by atoms with van der Waals surface area (Å²) < 4.78 is 0. The Morgan fingerprint density at radius 3 is 2.38 bits per heavy atom. The van der Waals surface area contributed by atoms with E-state index in [1.807, 2.05) is 0 Å². The van der Waals surface area contributed by atoms with Gasteiger partial charge < -0.3 is 5.73 Å². The van der Waals surface area contributed by atoms with Gasteiger partial charge in [-0.3, -0.25) is 0 Å². The second-order valence-electron chi connectivity index (χ2n) is 6.37. The Hall–Kier alpha value is -0.0400. The second-order valence-corrected chi connectivity index (χ2v) is 6.37. The van der Waals surface area contributed by atoms with Crippen LogP contribution >= 0.6 is 0 Å². The molecule has 0 radical (unpaired) electrons. The quantitative estimate of drug-likeness (QED) is 0.698. The Kier molecular flexibility index (Phi) is 3.06. The molecule has 13 heavy (non-hydrogen) atoms. The van der Waals surface area contributed by atoms with Crippen LogP contribution in [-0.4, -0.2) is 6.04 Å². The highest BCUT2D eigenvalue weighted by molar-refractivity contribution is 4.88. The van der Waals surface area contributed by atoms with Gasteiger partial charge in [0.05, 0.1) is 0 Å². The van der Waals surface area contributed by atoms with Crippen molar-refractivity contribution in [1.82, 2.24) is 0 Å². The highest BCUT2D eigenvalue weighted by Crippen LogP contribution is 2.42. The third kappa shape index (κ3) is 3.68. The van der Waals surface area contributed by atoms with Crippen LogP contribution in [0.5, 0.6) is 0 Å². The Morgan fingerprint density at radius 1 is 1.38 bits per heavy atom. The minimum atomic E-state index is 0.477. The highest BCUT2D eigenvalue weighted by atomic mass is 14.7. The first-order valence-corrected chi connectivity index (χ1v) is 5.56. The Bertz CT molecular complexity index is 168. The summed E-state index contributed by atoms with van der Waals surface area (Å²) in [6.45, 7) is 9.38. The summed E-state index contributed by atoms with van der Waals surface area (Å²) in [5, 5.41) is 0. The summed E-state index contributed by atoms with van der Waals surface area (Å²) in [7, 11) is 0. The molecule has 0 saturated heterocycles. The van der Waals surface area contributed by atoms with Crippen LogP contribution in [0.25, 0.3) is 0 Å². The molecule has 1 aliphatic rings. The van der Waals surface area contributed by atoms with Gasteiger partial charge in [0.2, 0.25) is 0 Å². The largest absolute Gasteiger partial charge is 0.328 e. The topological polar surface area (TPSA) is 26.0 Å². The molecule has 2 atom stereocenters. The fourth-order valence-electron chi connectivity index (χ4n) is 2.27. The average molecular weight is 183 g/mol. The molecule has 0 amide bonds. The first-order valence-electron chi connectivity index (χ1n) is 5.56. The van der Waals surface area contributed by atoms with E-state index in [4.69, 9.17) is 5.73 Å². The van der Waals surface area contributed by atoms with E-state index in [1.54, 1.807) is 0 Å². The van der Waals surface area contributed by atoms with Crippen molar-refractivity contribution in [3.63, 3.8) is 0 Å². The first-order chi connectivity index (χ1) is 5.81. The molecule has 0 aromatic rings. The number of rotatable bonds is 2. The molecule has 1 saturated carbocycles. The third-order valence-corrected chi connectivity index (χ3v) is 3.35. The van der Waals surface area contributed by atoms with E-state index in [0.29, 0.717) is 16.9 Å². The summed E-state index contributed by atoms with van der Waals surface area (Å²) in [6.07, 6.45) is 6.49. The summed E-state index contributed by atoms with van der Waals surface area (Å²) in [5.74, 6) is 0. The summed E-state index contributed by atoms with van der Waals surface area (Å²) in [5.41, 5.74) is 6.98. The lowest BCUT2D eigenvalue weighted by Gasteiger charge is -2.28. The van der Waals surface area contributed by atoms with Gasteiger partial charge in [-0.05, 0) is 42.9 Å². The van der Waals surface area contributed by atoms with E-state index in [-0.39, 0.29) is 0 Å². The molecule has 0 spiro atoms. The Morgan fingerprint density at radius 2 is 2.00 bits per heavy atom. The number of nitrogens with two attached hydrogens (primary N) is 1. The predicted molar refractivity (Wildman–Crippen MR) is 58.6 cm³/mol. The fraction of sp³-hybridized carbons (Fsp3) is 1.00. The molecule has 2 unspecified atom stereocenters. The second kappa shape index (κ2) is 3.61. The maximum atomic E-state index is 5.95. The van der Waals surface area contributed by atoms with E-state index in [1.165, 1.54) is 32.1 Å². The zero-order valence-corrected chi connectivity index (χ0v) is 9.69. The van der Waals surface area contributed by atoms with Crippen LogP contribution in [0.2, 0.25) is 0 Å². The number of hydrogen-bond acceptors (Lipinski definition) is 1. The normalized spacial score (nSPS) is 35.3. The fourth-order valence-corrected chi connectivity index (χ4v) is 2.27. The van der Waals surface area contributed by atoms with Gasteiger partial charge in [-0.15, -0.1) is 0 Å². The molecule has 1 aliphatic carbocycles. The number of hydrogen-bond donors (Lipinski definition) is 1. The molecule has 0 aromatic heterocycles. The van der Waals surface area contributed by atoms with Crippen molar-refractivity contribution >= 4 is 0 Å². The smallest absolute Gasteiger partial charge is 0.00442 e. The van der Waals surface area contributed by atoms with Crippen LogP contribution in [0.15, 0.2) is 0 Å². The molecule has 0 aliphatic heterocycles. The third-order valence-electron chi connectivity index (χ3n) is 3.35. The van der Waals surface area contributed by atoms with Crippen molar-refractivity contribution in [1.29, 1.82) is 0 Å². The maximum Gasteiger partial charge on any atom is 0.00442 e. The van der Waals surface area contributed by atoms with Crippen LogP contribution in [0.1, 0.15) is 59.8 Å². The molecule has 0 aromatic carbocycles. The van der Waals surface area contributed by atoms with Crippen molar-refractivity contribution in [3.05, 3.63) is 0 Å². The van der Waals surface area contributed by atoms with Crippen molar-refractivity contribution in [2.75, 3.05) is 0 Å². The minimum Gasteiger partial charge on any atom is -0.328 e. The van der Waals surface area contributed by atoms with Crippen molar-refractivity contribution in [3.8, 4) is 0 Å². The maximum absolute atomic E-state index is 5.95. The van der Waals surface area contributed by atoms with E-state index in [0.717, 1.165) is 0 Å². The standard InChI is InChI=1S/C12H25N/c1-11(2,3)7-8-12(4)6-5-10(13)9-12/h10H,5-9,13H2,1-4H3. The lowest BCUT2D eigenvalue weighted by Crippen LogP contribution is -2.20. The molecule has 1 rings (SSSR count). The molecular weight excluding hydrogens is 158 g/mol. The molecule has 0 heterocycles. The molecule has 2 N–H and O–H groups in total. The van der Waals surface area contributed by atoms with Gasteiger partial charge in [0, 0.05) is 6.04 Å². The lowest BCUT2D eigenvalue weighted by molar-refractivity contribution is 0.238. The van der Waals surface area contributed by atoms with Gasteiger partial charge in [0.15, 0.2) is 0 Å². The summed E-state index contributed by atoms with van der Waals surface area (Å²) in [6, 6.07) is 0.477. The van der Waals surface area contributed by atoms with Gasteiger partial charge in [0.25, 0.3) is 0 Å². The molecule has 1 heteroatoms. The van der Waals surface area contributed by atoms with Crippen LogP contribution < -0.4 is 5.73 Å². The van der Waals surface area contributed by atoms with Gasteiger partial charge in [-0.25, -0.2) is 0 Å². The van der Waals surface area contributed by atoms with Crippen LogP contribution in [0, 0.1) is 10.8 Å². The minimum absolute atomic E-state index is 0.477. The highest BCUT2D eigenvalue weighted by Gasteiger charge is 2.33.